The summed E-state index contributed by atoms with van der Waals surface area (Å²) in [5.74, 6) is -0.647. The van der Waals surface area contributed by atoms with Gasteiger partial charge in [-0.1, -0.05) is 29.8 Å². The molecule has 1 N–H and O–H groups in total. The van der Waals surface area contributed by atoms with E-state index < -0.39 is 29.8 Å². The molecule has 1 amide bonds. The normalized spacial score (nSPS) is 11.6. The van der Waals surface area contributed by atoms with Crippen LogP contribution in [0.25, 0.3) is 21.3 Å². The van der Waals surface area contributed by atoms with Crippen LogP contribution >= 0.6 is 22.9 Å². The Balaban J connectivity index is 1.61. The molecule has 0 bridgehead atoms. The lowest BCUT2D eigenvalue weighted by Crippen LogP contribution is -2.27. The molecule has 0 aliphatic heterocycles. The fourth-order valence-electron chi connectivity index (χ4n) is 3.05. The third-order valence-corrected chi connectivity index (χ3v) is 5.64. The average molecular weight is 464 g/mol. The highest BCUT2D eigenvalue weighted by Crippen LogP contribution is 2.32. The van der Waals surface area contributed by atoms with Crippen LogP contribution < -0.4 is 10.9 Å². The van der Waals surface area contributed by atoms with Crippen LogP contribution in [0.5, 0.6) is 0 Å². The summed E-state index contributed by atoms with van der Waals surface area (Å²) in [7, 11) is 0. The van der Waals surface area contributed by atoms with Gasteiger partial charge in [-0.25, -0.2) is 4.98 Å². The average Bonchev–Trinajstić information content (AvgIpc) is 3.15. The van der Waals surface area contributed by atoms with Crippen molar-refractivity contribution in [2.24, 2.45) is 0 Å². The quantitative estimate of drug-likeness (QED) is 0.438. The van der Waals surface area contributed by atoms with E-state index in [1.54, 1.807) is 29.6 Å². The fourth-order valence-corrected chi connectivity index (χ4v) is 4.08. The molecule has 5 nitrogen and oxygen atoms in total. The molecule has 0 saturated heterocycles. The van der Waals surface area contributed by atoms with Gasteiger partial charge in [-0.3, -0.25) is 14.2 Å². The monoisotopic (exact) mass is 463 g/mol. The third kappa shape index (κ3) is 4.47. The number of rotatable bonds is 4. The van der Waals surface area contributed by atoms with Gasteiger partial charge in [-0.2, -0.15) is 13.2 Å². The van der Waals surface area contributed by atoms with Crippen molar-refractivity contribution < 1.29 is 18.0 Å². The lowest BCUT2D eigenvalue weighted by atomic mass is 10.1. The minimum atomic E-state index is -4.52. The Morgan fingerprint density at radius 2 is 1.90 bits per heavy atom. The summed E-state index contributed by atoms with van der Waals surface area (Å²) in [6, 6.07) is 11.3. The molecule has 31 heavy (non-hydrogen) atoms. The maximum atomic E-state index is 13.0. The minimum Gasteiger partial charge on any atom is -0.325 e. The maximum Gasteiger partial charge on any atom is 0.416 e. The van der Waals surface area contributed by atoms with Crippen LogP contribution in [0.15, 0.2) is 65.0 Å². The lowest BCUT2D eigenvalue weighted by Gasteiger charge is -2.10. The molecule has 158 valence electrons. The standard InChI is InChI=1S/C21H13ClF3N3O2S/c22-14-6-4-12(5-7-14)16-10-31-19-18(16)20(30)28(11-26-19)9-17(29)27-15-3-1-2-13(8-15)21(23,24)25/h1-8,10-11H,9H2,(H,27,29). The van der Waals surface area contributed by atoms with Crippen LogP contribution in [0.3, 0.4) is 0 Å². The first-order valence-corrected chi connectivity index (χ1v) is 10.2. The van der Waals surface area contributed by atoms with Gasteiger partial charge in [0.15, 0.2) is 0 Å². The summed E-state index contributed by atoms with van der Waals surface area (Å²) in [6.45, 7) is -0.395. The molecule has 2 heterocycles. The summed E-state index contributed by atoms with van der Waals surface area (Å²) >= 11 is 7.22. The van der Waals surface area contributed by atoms with Crippen molar-refractivity contribution in [2.75, 3.05) is 5.32 Å². The van der Waals surface area contributed by atoms with Crippen LogP contribution in [0.1, 0.15) is 5.56 Å². The number of fused-ring (bicyclic) bond motifs is 1. The van der Waals surface area contributed by atoms with Gasteiger partial charge in [0.05, 0.1) is 17.3 Å². The number of nitrogens with one attached hydrogen (secondary N) is 1. The van der Waals surface area contributed by atoms with Crippen molar-refractivity contribution in [1.29, 1.82) is 0 Å². The molecule has 0 spiro atoms. The number of carbonyl (C=O) groups is 1. The lowest BCUT2D eigenvalue weighted by molar-refractivity contribution is -0.137. The number of thiophene rings is 1. The molecule has 0 radical (unpaired) electrons. The first-order chi connectivity index (χ1) is 14.7. The number of halogens is 4. The Kier molecular flexibility index (Phi) is 5.55. The number of alkyl halides is 3. The Hall–Kier alpha value is -3.17. The topological polar surface area (TPSA) is 64.0 Å². The smallest absolute Gasteiger partial charge is 0.325 e. The molecular formula is C21H13ClF3N3O2S. The second kappa shape index (κ2) is 8.16. The highest BCUT2D eigenvalue weighted by molar-refractivity contribution is 7.17. The largest absolute Gasteiger partial charge is 0.416 e. The van der Waals surface area contributed by atoms with Gasteiger partial charge in [-0.15, -0.1) is 11.3 Å². The van der Waals surface area contributed by atoms with E-state index in [1.807, 2.05) is 0 Å². The second-order valence-corrected chi connectivity index (χ2v) is 7.94. The first-order valence-electron chi connectivity index (χ1n) is 8.92. The van der Waals surface area contributed by atoms with Crippen molar-refractivity contribution in [3.05, 3.63) is 81.2 Å². The van der Waals surface area contributed by atoms with E-state index in [4.69, 9.17) is 11.6 Å². The summed E-state index contributed by atoms with van der Waals surface area (Å²) in [4.78, 5) is 30.1. The number of hydrogen-bond donors (Lipinski definition) is 1. The van der Waals surface area contributed by atoms with Gasteiger partial charge in [0, 0.05) is 21.7 Å². The van der Waals surface area contributed by atoms with Crippen molar-refractivity contribution in [3.63, 3.8) is 0 Å². The van der Waals surface area contributed by atoms with Crippen LogP contribution in [0.4, 0.5) is 18.9 Å². The molecule has 0 atom stereocenters. The van der Waals surface area contributed by atoms with E-state index in [2.05, 4.69) is 10.3 Å². The Morgan fingerprint density at radius 1 is 1.16 bits per heavy atom. The molecular weight excluding hydrogens is 451 g/mol. The first kappa shape index (κ1) is 21.1. The zero-order valence-electron chi connectivity index (χ0n) is 15.6. The van der Waals surface area contributed by atoms with Crippen LogP contribution in [0, 0.1) is 0 Å². The number of benzene rings is 2. The van der Waals surface area contributed by atoms with E-state index in [9.17, 15) is 22.8 Å². The molecule has 4 aromatic rings. The molecule has 0 aliphatic rings. The molecule has 0 unspecified atom stereocenters. The summed E-state index contributed by atoms with van der Waals surface area (Å²) < 4.78 is 39.7. The van der Waals surface area contributed by atoms with Crippen LogP contribution in [-0.4, -0.2) is 15.5 Å². The number of hydrogen-bond acceptors (Lipinski definition) is 4. The fraction of sp³-hybridized carbons (Fsp3) is 0.0952. The molecule has 4 rings (SSSR count). The Labute approximate surface area is 182 Å². The van der Waals surface area contributed by atoms with Crippen molar-refractivity contribution in [3.8, 4) is 11.1 Å². The number of carbonyl (C=O) groups excluding carboxylic acids is 1. The van der Waals surface area contributed by atoms with Crippen LogP contribution in [-0.2, 0) is 17.5 Å². The van der Waals surface area contributed by atoms with E-state index in [-0.39, 0.29) is 5.69 Å². The minimum absolute atomic E-state index is 0.0145. The Bertz CT molecular complexity index is 1330. The SMILES string of the molecule is O=C(Cn1cnc2scc(-c3ccc(Cl)cc3)c2c1=O)Nc1cccc(C(F)(F)F)c1. The van der Waals surface area contributed by atoms with E-state index in [1.165, 1.54) is 29.8 Å². The molecule has 0 fully saturated rings. The number of anilines is 1. The number of nitrogens with zero attached hydrogens (tertiary/aromatic N) is 2. The van der Waals surface area contributed by atoms with Gasteiger partial charge in [0.2, 0.25) is 5.91 Å². The molecule has 0 aliphatic carbocycles. The maximum absolute atomic E-state index is 13.0. The number of aromatic nitrogens is 2. The van der Waals surface area contributed by atoms with Gasteiger partial charge in [0.25, 0.3) is 5.56 Å². The van der Waals surface area contributed by atoms with Crippen LogP contribution in [0.2, 0.25) is 5.02 Å². The summed E-state index contributed by atoms with van der Waals surface area (Å²) in [5.41, 5.74) is 0.133. The molecule has 10 heteroatoms. The van der Waals surface area contributed by atoms with Gasteiger partial charge < -0.3 is 5.32 Å². The molecule has 0 saturated carbocycles. The number of amides is 1. The molecule has 2 aromatic carbocycles. The van der Waals surface area contributed by atoms with Crippen molar-refractivity contribution >= 4 is 44.7 Å². The van der Waals surface area contributed by atoms with E-state index in [0.29, 0.717) is 20.8 Å². The second-order valence-electron chi connectivity index (χ2n) is 6.64. The summed E-state index contributed by atoms with van der Waals surface area (Å²) in [5, 5.41) is 5.11. The zero-order valence-corrected chi connectivity index (χ0v) is 17.2. The Morgan fingerprint density at radius 3 is 2.61 bits per heavy atom. The highest BCUT2D eigenvalue weighted by Gasteiger charge is 2.30. The predicted molar refractivity (Wildman–Crippen MR) is 114 cm³/mol. The van der Waals surface area contributed by atoms with Gasteiger partial charge >= 0.3 is 6.18 Å². The third-order valence-electron chi connectivity index (χ3n) is 4.50. The van der Waals surface area contributed by atoms with Gasteiger partial charge in [-0.05, 0) is 35.9 Å². The summed E-state index contributed by atoms with van der Waals surface area (Å²) in [6.07, 6.45) is -3.28. The van der Waals surface area contributed by atoms with Crippen molar-refractivity contribution in [1.82, 2.24) is 9.55 Å². The van der Waals surface area contributed by atoms with E-state index >= 15 is 0 Å². The van der Waals surface area contributed by atoms with Crippen molar-refractivity contribution in [2.45, 2.75) is 12.7 Å². The zero-order chi connectivity index (χ0) is 22.2. The molecule has 2 aromatic heterocycles. The van der Waals surface area contributed by atoms with Gasteiger partial charge in [0.1, 0.15) is 11.4 Å². The van der Waals surface area contributed by atoms with E-state index in [0.717, 1.165) is 22.3 Å². The highest BCUT2D eigenvalue weighted by atomic mass is 35.5. The predicted octanol–water partition coefficient (Wildman–Crippen LogP) is 5.44.